The van der Waals surface area contributed by atoms with E-state index in [0.29, 0.717) is 56.5 Å². The smallest absolute Gasteiger partial charge is 0.337 e. The number of phenolic OH excluding ortho intramolecular Hbond substituents is 1. The van der Waals surface area contributed by atoms with Crippen molar-refractivity contribution in [3.8, 4) is 17.2 Å². The molecule has 0 saturated carbocycles. The van der Waals surface area contributed by atoms with Crippen LogP contribution in [0.2, 0.25) is 0 Å². The van der Waals surface area contributed by atoms with Crippen LogP contribution in [0, 0.1) is 0 Å². The molecular formula is C31H28N4O6S. The van der Waals surface area contributed by atoms with Crippen molar-refractivity contribution in [1.82, 2.24) is 4.57 Å². The van der Waals surface area contributed by atoms with Gasteiger partial charge in [0, 0.05) is 11.8 Å². The Hall–Kier alpha value is -5.03. The lowest BCUT2D eigenvalue weighted by Gasteiger charge is -2.23. The number of nitrogens with zero attached hydrogens (tertiary/aromatic N) is 4. The van der Waals surface area contributed by atoms with Crippen LogP contribution in [0.4, 0.5) is 11.4 Å². The Morgan fingerprint density at radius 3 is 2.48 bits per heavy atom. The number of azo groups is 1. The third-order valence-electron chi connectivity index (χ3n) is 6.34. The monoisotopic (exact) mass is 584 g/mol. The number of benzene rings is 3. The Bertz CT molecular complexity index is 1860. The van der Waals surface area contributed by atoms with Gasteiger partial charge in [0.05, 0.1) is 47.8 Å². The number of hydrogen-bond donors (Lipinski definition) is 1. The van der Waals surface area contributed by atoms with Gasteiger partial charge in [-0.3, -0.25) is 9.36 Å². The zero-order valence-electron chi connectivity index (χ0n) is 23.2. The zero-order valence-corrected chi connectivity index (χ0v) is 24.0. The van der Waals surface area contributed by atoms with Gasteiger partial charge in [-0.1, -0.05) is 35.6 Å². The maximum Gasteiger partial charge on any atom is 0.337 e. The third-order valence-corrected chi connectivity index (χ3v) is 7.34. The van der Waals surface area contributed by atoms with Crippen molar-refractivity contribution in [2.45, 2.75) is 19.9 Å². The molecule has 42 heavy (non-hydrogen) atoms. The number of carbonyl (C=O) groups excluding carboxylic acids is 1. The fraction of sp³-hybridized carbons (Fsp3) is 0.194. The van der Waals surface area contributed by atoms with E-state index in [2.05, 4.69) is 15.2 Å². The molecule has 214 valence electrons. The molecule has 10 nitrogen and oxygen atoms in total. The summed E-state index contributed by atoms with van der Waals surface area (Å²) >= 11 is 1.14. The topological polar surface area (TPSA) is 124 Å². The van der Waals surface area contributed by atoms with E-state index < -0.39 is 12.0 Å². The minimum atomic E-state index is -0.828. The number of thiazole rings is 1. The van der Waals surface area contributed by atoms with Crippen molar-refractivity contribution in [3.63, 3.8) is 0 Å². The van der Waals surface area contributed by atoms with E-state index in [4.69, 9.17) is 14.2 Å². The molecular weight excluding hydrogens is 556 g/mol. The lowest BCUT2D eigenvalue weighted by atomic mass is 9.97. The molecule has 0 amide bonds. The first-order valence-corrected chi connectivity index (χ1v) is 14.0. The second-order valence-electron chi connectivity index (χ2n) is 9.03. The number of esters is 1. The summed E-state index contributed by atoms with van der Waals surface area (Å²) in [7, 11) is 1.28. The Balaban J connectivity index is 1.61. The lowest BCUT2D eigenvalue weighted by molar-refractivity contribution is -0.136. The van der Waals surface area contributed by atoms with Gasteiger partial charge in [0.25, 0.3) is 5.56 Å². The van der Waals surface area contributed by atoms with Crippen molar-refractivity contribution in [1.29, 1.82) is 0 Å². The largest absolute Gasteiger partial charge is 0.507 e. The number of methoxy groups -OCH3 is 1. The standard InChI is InChI=1S/C31H28N4O6S/c1-4-40-25-14-11-19(16-26(25)41-5-2)28-23(30(38)39-3)18-32-31-35(28)29(37)27(42-31)17-20-15-22(12-13-24(20)36)34-33-21-9-7-6-8-10-21/h6-18,28,36H,4-5H2,1-3H3/b27-17-,34-33?/t28-/m0/s1. The quantitative estimate of drug-likeness (QED) is 0.220. The summed E-state index contributed by atoms with van der Waals surface area (Å²) in [5, 5.41) is 19.1. The second kappa shape index (κ2) is 12.6. The van der Waals surface area contributed by atoms with Gasteiger partial charge in [-0.2, -0.15) is 10.2 Å². The molecule has 1 aromatic heterocycles. The van der Waals surface area contributed by atoms with Gasteiger partial charge in [0.15, 0.2) is 16.3 Å². The molecule has 1 aliphatic rings. The maximum absolute atomic E-state index is 13.9. The number of carbonyl (C=O) groups is 1. The minimum absolute atomic E-state index is 0.0286. The van der Waals surface area contributed by atoms with Crippen molar-refractivity contribution in [2.75, 3.05) is 20.3 Å². The predicted molar refractivity (Wildman–Crippen MR) is 159 cm³/mol. The molecule has 0 unspecified atom stereocenters. The summed E-state index contributed by atoms with van der Waals surface area (Å²) in [6, 6.07) is 18.5. The average Bonchev–Trinajstić information content (AvgIpc) is 3.33. The van der Waals surface area contributed by atoms with Gasteiger partial charge < -0.3 is 19.3 Å². The van der Waals surface area contributed by atoms with Gasteiger partial charge in [0.1, 0.15) is 5.75 Å². The van der Waals surface area contributed by atoms with Crippen LogP contribution in [-0.2, 0) is 9.53 Å². The van der Waals surface area contributed by atoms with E-state index in [1.54, 1.807) is 36.4 Å². The first kappa shape index (κ1) is 28.5. The highest BCUT2D eigenvalue weighted by Gasteiger charge is 2.31. The van der Waals surface area contributed by atoms with Gasteiger partial charge in [-0.15, -0.1) is 0 Å². The second-order valence-corrected chi connectivity index (χ2v) is 10.0. The summed E-state index contributed by atoms with van der Waals surface area (Å²) < 4.78 is 18.3. The van der Waals surface area contributed by atoms with Crippen LogP contribution in [0.5, 0.6) is 17.2 Å². The SMILES string of the molecule is CCOc1ccc([C@H]2C(C(=O)OC)=CN=c3s/c(=C\c4cc(N=Nc5ccccc5)ccc4O)c(=O)n32)cc1OCC. The summed E-state index contributed by atoms with van der Waals surface area (Å²) in [6.07, 6.45) is 2.99. The molecule has 0 radical (unpaired) electrons. The molecule has 0 saturated heterocycles. The van der Waals surface area contributed by atoms with Crippen LogP contribution in [0.1, 0.15) is 31.0 Å². The van der Waals surface area contributed by atoms with Crippen molar-refractivity contribution >= 4 is 34.8 Å². The summed E-state index contributed by atoms with van der Waals surface area (Å²) in [4.78, 5) is 31.5. The van der Waals surface area contributed by atoms with E-state index >= 15 is 0 Å². The highest BCUT2D eigenvalue weighted by molar-refractivity contribution is 7.07. The number of hydrogen-bond acceptors (Lipinski definition) is 10. The summed E-state index contributed by atoms with van der Waals surface area (Å²) in [6.45, 7) is 4.58. The molecule has 0 aliphatic carbocycles. The molecule has 3 aromatic carbocycles. The van der Waals surface area contributed by atoms with E-state index in [-0.39, 0.29) is 16.9 Å². The van der Waals surface area contributed by atoms with E-state index in [1.807, 2.05) is 44.2 Å². The normalized spacial score (nSPS) is 14.7. The molecule has 0 spiro atoms. The van der Waals surface area contributed by atoms with Crippen LogP contribution in [-0.4, -0.2) is 36.0 Å². The number of fused-ring (bicyclic) bond motifs is 1. The fourth-order valence-corrected chi connectivity index (χ4v) is 5.42. The first-order chi connectivity index (χ1) is 20.4. The molecule has 0 bridgehead atoms. The molecule has 1 aliphatic heterocycles. The molecule has 0 fully saturated rings. The molecule has 1 N–H and O–H groups in total. The number of aromatic nitrogens is 1. The number of ether oxygens (including phenoxy) is 3. The molecule has 5 rings (SSSR count). The van der Waals surface area contributed by atoms with Crippen molar-refractivity contribution in [3.05, 3.63) is 109 Å². The van der Waals surface area contributed by atoms with Crippen LogP contribution < -0.4 is 24.4 Å². The third kappa shape index (κ3) is 5.86. The molecule has 11 heteroatoms. The van der Waals surface area contributed by atoms with Crippen LogP contribution >= 0.6 is 11.3 Å². The zero-order chi connectivity index (χ0) is 29.6. The predicted octanol–water partition coefficient (Wildman–Crippen LogP) is 4.94. The Morgan fingerprint density at radius 1 is 1.00 bits per heavy atom. The maximum atomic E-state index is 13.9. The lowest BCUT2D eigenvalue weighted by Crippen LogP contribution is -2.39. The Kier molecular flexibility index (Phi) is 8.58. The van der Waals surface area contributed by atoms with Gasteiger partial charge in [-0.25, -0.2) is 9.79 Å². The van der Waals surface area contributed by atoms with Gasteiger partial charge >= 0.3 is 5.97 Å². The van der Waals surface area contributed by atoms with Crippen molar-refractivity contribution < 1.29 is 24.1 Å². The molecule has 4 aromatic rings. The first-order valence-electron chi connectivity index (χ1n) is 13.2. The Labute approximate surface area is 245 Å². The van der Waals surface area contributed by atoms with Gasteiger partial charge in [-0.05, 0) is 68.0 Å². The number of phenols is 1. The van der Waals surface area contributed by atoms with Gasteiger partial charge in [0.2, 0.25) is 0 Å². The highest BCUT2D eigenvalue weighted by Crippen LogP contribution is 2.35. The molecule has 1 atom stereocenters. The fourth-order valence-electron chi connectivity index (χ4n) is 4.46. The number of aromatic hydroxyl groups is 1. The average molecular weight is 585 g/mol. The molecule has 2 heterocycles. The summed E-state index contributed by atoms with van der Waals surface area (Å²) in [5.41, 5.74) is 1.98. The van der Waals surface area contributed by atoms with Crippen LogP contribution in [0.25, 0.3) is 6.08 Å². The summed E-state index contributed by atoms with van der Waals surface area (Å²) in [5.74, 6) is 0.406. The highest BCUT2D eigenvalue weighted by atomic mass is 32.1. The number of rotatable bonds is 9. The Morgan fingerprint density at radius 2 is 1.74 bits per heavy atom. The van der Waals surface area contributed by atoms with Crippen molar-refractivity contribution in [2.24, 2.45) is 15.2 Å². The van der Waals surface area contributed by atoms with E-state index in [1.165, 1.54) is 23.9 Å². The van der Waals surface area contributed by atoms with E-state index in [0.717, 1.165) is 11.3 Å². The van der Waals surface area contributed by atoms with Crippen LogP contribution in [0.15, 0.2) is 98.5 Å². The van der Waals surface area contributed by atoms with Crippen LogP contribution in [0.3, 0.4) is 0 Å². The minimum Gasteiger partial charge on any atom is -0.507 e. The van der Waals surface area contributed by atoms with E-state index in [9.17, 15) is 14.7 Å².